The highest BCUT2D eigenvalue weighted by Gasteiger charge is 2.37. The van der Waals surface area contributed by atoms with Gasteiger partial charge < -0.3 is 9.63 Å². The largest absolute Gasteiger partial charge is 0.384 e. The van der Waals surface area contributed by atoms with E-state index < -0.39 is 5.60 Å². The second-order valence-corrected chi connectivity index (χ2v) is 5.98. The summed E-state index contributed by atoms with van der Waals surface area (Å²) in [4.78, 5) is 2.32. The number of aromatic nitrogens is 1. The Morgan fingerprint density at radius 3 is 2.71 bits per heavy atom. The molecule has 1 saturated heterocycles. The van der Waals surface area contributed by atoms with Crippen LogP contribution in [0.1, 0.15) is 29.0 Å². The third-order valence-corrected chi connectivity index (χ3v) is 4.50. The molecule has 4 heteroatoms. The lowest BCUT2D eigenvalue weighted by atomic mass is 9.93. The summed E-state index contributed by atoms with van der Waals surface area (Å²) in [7, 11) is 0. The van der Waals surface area contributed by atoms with Crippen LogP contribution in [0.3, 0.4) is 0 Å². The zero-order chi connectivity index (χ0) is 14.9. The van der Waals surface area contributed by atoms with Crippen LogP contribution in [0.25, 0.3) is 0 Å². The highest BCUT2D eigenvalue weighted by molar-refractivity contribution is 5.24. The molecule has 0 saturated carbocycles. The van der Waals surface area contributed by atoms with Crippen molar-refractivity contribution >= 4 is 0 Å². The van der Waals surface area contributed by atoms with E-state index in [1.165, 1.54) is 5.56 Å². The molecule has 1 atom stereocenters. The van der Waals surface area contributed by atoms with E-state index in [0.717, 1.165) is 42.9 Å². The van der Waals surface area contributed by atoms with E-state index in [1.54, 1.807) is 0 Å². The maximum Gasteiger partial charge on any atom is 0.137 e. The van der Waals surface area contributed by atoms with E-state index in [9.17, 15) is 5.11 Å². The van der Waals surface area contributed by atoms with Crippen molar-refractivity contribution in [3.05, 3.63) is 52.9 Å². The summed E-state index contributed by atoms with van der Waals surface area (Å²) >= 11 is 0. The van der Waals surface area contributed by atoms with E-state index >= 15 is 0 Å². The normalized spacial score (nSPS) is 22.8. The molecule has 2 aromatic rings. The number of hydrogen-bond donors (Lipinski definition) is 1. The van der Waals surface area contributed by atoms with Gasteiger partial charge in [0.05, 0.1) is 5.69 Å². The molecular formula is C17H22N2O2. The first-order valence-electron chi connectivity index (χ1n) is 7.50. The highest BCUT2D eigenvalue weighted by atomic mass is 16.5. The third kappa shape index (κ3) is 2.87. The maximum absolute atomic E-state index is 10.8. The average Bonchev–Trinajstić information content (AvgIpc) is 3.03. The molecule has 21 heavy (non-hydrogen) atoms. The number of aliphatic hydroxyl groups is 1. The Bertz CT molecular complexity index is 589. The van der Waals surface area contributed by atoms with Gasteiger partial charge in [0.2, 0.25) is 0 Å². The summed E-state index contributed by atoms with van der Waals surface area (Å²) < 4.78 is 5.20. The first kappa shape index (κ1) is 14.3. The molecule has 1 fully saturated rings. The lowest BCUT2D eigenvalue weighted by Crippen LogP contribution is -2.31. The fourth-order valence-corrected chi connectivity index (χ4v) is 3.17. The van der Waals surface area contributed by atoms with Crippen molar-refractivity contribution in [2.45, 2.75) is 32.3 Å². The molecule has 3 rings (SSSR count). The zero-order valence-corrected chi connectivity index (χ0v) is 12.7. The number of rotatable bonds is 4. The fraction of sp³-hybridized carbons (Fsp3) is 0.471. The lowest BCUT2D eigenvalue weighted by Gasteiger charge is -2.24. The summed E-state index contributed by atoms with van der Waals surface area (Å²) in [6.45, 7) is 6.49. The van der Waals surface area contributed by atoms with Gasteiger partial charge in [-0.15, -0.1) is 0 Å². The molecule has 0 radical (unpaired) electrons. The molecule has 1 unspecified atom stereocenters. The van der Waals surface area contributed by atoms with Crippen molar-refractivity contribution in [1.29, 1.82) is 0 Å². The van der Waals surface area contributed by atoms with E-state index in [-0.39, 0.29) is 0 Å². The fourth-order valence-electron chi connectivity index (χ4n) is 3.17. The molecule has 1 aliphatic rings. The van der Waals surface area contributed by atoms with E-state index in [0.29, 0.717) is 6.54 Å². The van der Waals surface area contributed by atoms with Gasteiger partial charge in [-0.05, 0) is 32.3 Å². The second kappa shape index (κ2) is 5.62. The van der Waals surface area contributed by atoms with Gasteiger partial charge in [-0.1, -0.05) is 35.5 Å². The Hall–Kier alpha value is -1.65. The Morgan fingerprint density at radius 2 is 2.05 bits per heavy atom. The van der Waals surface area contributed by atoms with Gasteiger partial charge in [-0.25, -0.2) is 0 Å². The van der Waals surface area contributed by atoms with Crippen LogP contribution in [0.4, 0.5) is 0 Å². The van der Waals surface area contributed by atoms with Gasteiger partial charge in [-0.3, -0.25) is 4.90 Å². The summed E-state index contributed by atoms with van der Waals surface area (Å²) in [5, 5.41) is 14.8. The van der Waals surface area contributed by atoms with Gasteiger partial charge in [0, 0.05) is 25.2 Å². The van der Waals surface area contributed by atoms with Crippen molar-refractivity contribution in [2.24, 2.45) is 0 Å². The van der Waals surface area contributed by atoms with Crippen LogP contribution in [0.5, 0.6) is 0 Å². The first-order chi connectivity index (χ1) is 10.1. The summed E-state index contributed by atoms with van der Waals surface area (Å²) in [6.07, 6.45) is 1.71. The standard InChI is InChI=1S/C17H22N2O2/c1-13-16(14(2)21-18-13)8-10-19-11-9-17(20,12-19)15-6-4-3-5-7-15/h3-7,20H,8-12H2,1-2H3. The summed E-state index contributed by atoms with van der Waals surface area (Å²) in [5.74, 6) is 0.907. The van der Waals surface area contributed by atoms with Gasteiger partial charge >= 0.3 is 0 Å². The Morgan fingerprint density at radius 1 is 1.29 bits per heavy atom. The van der Waals surface area contributed by atoms with Crippen molar-refractivity contribution in [3.63, 3.8) is 0 Å². The molecule has 4 nitrogen and oxygen atoms in total. The minimum absolute atomic E-state index is 0.695. The van der Waals surface area contributed by atoms with Gasteiger partial charge in [0.15, 0.2) is 0 Å². The number of nitrogens with zero attached hydrogens (tertiary/aromatic N) is 2. The number of benzene rings is 1. The Kier molecular flexibility index (Phi) is 3.83. The van der Waals surface area contributed by atoms with Crippen molar-refractivity contribution < 1.29 is 9.63 Å². The molecule has 0 spiro atoms. The Labute approximate surface area is 125 Å². The predicted molar refractivity (Wildman–Crippen MR) is 81.1 cm³/mol. The minimum atomic E-state index is -0.708. The lowest BCUT2D eigenvalue weighted by molar-refractivity contribution is 0.0463. The van der Waals surface area contributed by atoms with Crippen molar-refractivity contribution in [3.8, 4) is 0 Å². The predicted octanol–water partition coefficient (Wildman–Crippen LogP) is 2.43. The Balaban J connectivity index is 1.63. The van der Waals surface area contributed by atoms with Crippen molar-refractivity contribution in [1.82, 2.24) is 10.1 Å². The number of hydrogen-bond acceptors (Lipinski definition) is 4. The smallest absolute Gasteiger partial charge is 0.137 e. The number of aryl methyl sites for hydroxylation is 2. The van der Waals surface area contributed by atoms with Gasteiger partial charge in [0.25, 0.3) is 0 Å². The van der Waals surface area contributed by atoms with Gasteiger partial charge in [-0.2, -0.15) is 0 Å². The molecule has 1 N–H and O–H groups in total. The van der Waals surface area contributed by atoms with Crippen LogP contribution in [-0.4, -0.2) is 34.8 Å². The van der Waals surface area contributed by atoms with E-state index in [2.05, 4.69) is 10.1 Å². The molecule has 1 aromatic carbocycles. The van der Waals surface area contributed by atoms with E-state index in [4.69, 9.17) is 4.52 Å². The first-order valence-corrected chi connectivity index (χ1v) is 7.50. The van der Waals surface area contributed by atoms with Crippen LogP contribution in [0, 0.1) is 13.8 Å². The van der Waals surface area contributed by atoms with Crippen LogP contribution in [0.2, 0.25) is 0 Å². The topological polar surface area (TPSA) is 49.5 Å². The quantitative estimate of drug-likeness (QED) is 0.938. The average molecular weight is 286 g/mol. The highest BCUT2D eigenvalue weighted by Crippen LogP contribution is 2.31. The van der Waals surface area contributed by atoms with E-state index in [1.807, 2.05) is 44.2 Å². The molecule has 0 amide bonds. The minimum Gasteiger partial charge on any atom is -0.384 e. The second-order valence-electron chi connectivity index (χ2n) is 5.98. The molecule has 0 aliphatic carbocycles. The summed E-state index contributed by atoms with van der Waals surface area (Å²) in [6, 6.07) is 9.98. The van der Waals surface area contributed by atoms with Crippen LogP contribution in [-0.2, 0) is 12.0 Å². The molecule has 0 bridgehead atoms. The SMILES string of the molecule is Cc1noc(C)c1CCN1CCC(O)(c2ccccc2)C1. The maximum atomic E-state index is 10.8. The van der Waals surface area contributed by atoms with Crippen LogP contribution >= 0.6 is 0 Å². The molecule has 2 heterocycles. The molecule has 112 valence electrons. The zero-order valence-electron chi connectivity index (χ0n) is 12.7. The number of β-amino-alcohol motifs (C(OH)–C–C–N with tert-alkyl or cyclic N) is 1. The summed E-state index contributed by atoms with van der Waals surface area (Å²) in [5.41, 5.74) is 2.49. The molecule has 1 aliphatic heterocycles. The van der Waals surface area contributed by atoms with Crippen molar-refractivity contribution in [2.75, 3.05) is 19.6 Å². The van der Waals surface area contributed by atoms with Crippen LogP contribution in [0.15, 0.2) is 34.9 Å². The number of likely N-dealkylation sites (tertiary alicyclic amines) is 1. The molecular weight excluding hydrogens is 264 g/mol. The third-order valence-electron chi connectivity index (χ3n) is 4.50. The van der Waals surface area contributed by atoms with Gasteiger partial charge in [0.1, 0.15) is 11.4 Å². The van der Waals surface area contributed by atoms with Crippen LogP contribution < -0.4 is 0 Å². The molecule has 1 aromatic heterocycles. The monoisotopic (exact) mass is 286 g/mol.